The highest BCUT2D eigenvalue weighted by Gasteiger charge is 2.07. The molecule has 2 rings (SSSR count). The molecule has 0 atom stereocenters. The number of aromatic nitrogens is 2. The van der Waals surface area contributed by atoms with Gasteiger partial charge in [0, 0.05) is 32.8 Å². The van der Waals surface area contributed by atoms with E-state index in [1.54, 1.807) is 4.68 Å². The van der Waals surface area contributed by atoms with Gasteiger partial charge in [-0.05, 0) is 17.2 Å². The van der Waals surface area contributed by atoms with Crippen LogP contribution in [0, 0.1) is 0 Å². The van der Waals surface area contributed by atoms with Crippen LogP contribution in [0.1, 0.15) is 16.8 Å². The van der Waals surface area contributed by atoms with Crippen LogP contribution in [0.5, 0.6) is 0 Å². The third kappa shape index (κ3) is 4.72. The largest absolute Gasteiger partial charge is 0.469 e. The van der Waals surface area contributed by atoms with E-state index in [1.165, 1.54) is 7.11 Å². The summed E-state index contributed by atoms with van der Waals surface area (Å²) in [5, 5.41) is 7.73. The van der Waals surface area contributed by atoms with Gasteiger partial charge in [0.1, 0.15) is 0 Å². The Hall–Kier alpha value is -2.14. The van der Waals surface area contributed by atoms with Gasteiger partial charge in [-0.3, -0.25) is 9.48 Å². The van der Waals surface area contributed by atoms with E-state index in [4.69, 9.17) is 4.74 Å². The second-order valence-electron chi connectivity index (χ2n) is 4.93. The number of ether oxygens (including phenoxy) is 1. The lowest BCUT2D eigenvalue weighted by atomic mass is 10.0. The average Bonchev–Trinajstić information content (AvgIpc) is 2.90. The lowest BCUT2D eigenvalue weighted by Crippen LogP contribution is -2.18. The van der Waals surface area contributed by atoms with Crippen LogP contribution in [0.4, 0.5) is 0 Å². The maximum atomic E-state index is 11.4. The van der Waals surface area contributed by atoms with Crippen molar-refractivity contribution < 1.29 is 9.53 Å². The van der Waals surface area contributed by atoms with Gasteiger partial charge in [0.25, 0.3) is 0 Å². The summed E-state index contributed by atoms with van der Waals surface area (Å²) in [5.74, 6) is -0.212. The lowest BCUT2D eigenvalue weighted by molar-refractivity contribution is -0.139. The van der Waals surface area contributed by atoms with Crippen molar-refractivity contribution >= 4 is 5.97 Å². The van der Waals surface area contributed by atoms with Crippen molar-refractivity contribution in [1.29, 1.82) is 0 Å². The van der Waals surface area contributed by atoms with E-state index in [0.717, 1.165) is 36.3 Å². The fraction of sp³-hybridized carbons (Fsp3) is 0.375. The number of rotatable bonds is 7. The summed E-state index contributed by atoms with van der Waals surface area (Å²) >= 11 is 0. The molecule has 1 heterocycles. The Morgan fingerprint density at radius 3 is 2.71 bits per heavy atom. The SMILES string of the molecule is COC(=O)Cc1ccccc1CNCCc1ccn(C)n1. The predicted octanol–water partition coefficient (Wildman–Crippen LogP) is 1.47. The molecule has 5 heteroatoms. The molecule has 1 aromatic heterocycles. The van der Waals surface area contributed by atoms with E-state index in [0.29, 0.717) is 6.42 Å². The molecule has 0 fully saturated rings. The molecule has 112 valence electrons. The predicted molar refractivity (Wildman–Crippen MR) is 80.8 cm³/mol. The minimum Gasteiger partial charge on any atom is -0.469 e. The quantitative estimate of drug-likeness (QED) is 0.619. The molecule has 0 aliphatic heterocycles. The summed E-state index contributed by atoms with van der Waals surface area (Å²) in [4.78, 5) is 11.4. The van der Waals surface area contributed by atoms with Crippen LogP contribution in [-0.4, -0.2) is 29.4 Å². The van der Waals surface area contributed by atoms with Crippen molar-refractivity contribution in [3.8, 4) is 0 Å². The first-order valence-corrected chi connectivity index (χ1v) is 7.02. The monoisotopic (exact) mass is 287 g/mol. The summed E-state index contributed by atoms with van der Waals surface area (Å²) in [6.07, 6.45) is 3.15. The summed E-state index contributed by atoms with van der Waals surface area (Å²) in [6.45, 7) is 1.59. The average molecular weight is 287 g/mol. The van der Waals surface area contributed by atoms with Crippen molar-refractivity contribution in [3.05, 3.63) is 53.3 Å². The summed E-state index contributed by atoms with van der Waals surface area (Å²) < 4.78 is 6.53. The Kier molecular flexibility index (Phi) is 5.51. The topological polar surface area (TPSA) is 56.1 Å². The van der Waals surface area contributed by atoms with Crippen molar-refractivity contribution in [1.82, 2.24) is 15.1 Å². The van der Waals surface area contributed by atoms with E-state index >= 15 is 0 Å². The summed E-state index contributed by atoms with van der Waals surface area (Å²) in [5.41, 5.74) is 3.21. The van der Waals surface area contributed by atoms with Crippen molar-refractivity contribution in [3.63, 3.8) is 0 Å². The van der Waals surface area contributed by atoms with Gasteiger partial charge in [-0.25, -0.2) is 0 Å². The molecule has 0 saturated heterocycles. The van der Waals surface area contributed by atoms with Crippen LogP contribution in [0.15, 0.2) is 36.5 Å². The molecule has 21 heavy (non-hydrogen) atoms. The zero-order valence-electron chi connectivity index (χ0n) is 12.5. The molecule has 0 saturated carbocycles. The van der Waals surface area contributed by atoms with Crippen molar-refractivity contribution in [2.24, 2.45) is 7.05 Å². The highest BCUT2D eigenvalue weighted by Crippen LogP contribution is 2.10. The number of nitrogens with zero attached hydrogens (tertiary/aromatic N) is 2. The molecule has 0 spiro atoms. The minimum atomic E-state index is -0.212. The Morgan fingerprint density at radius 1 is 1.29 bits per heavy atom. The van der Waals surface area contributed by atoms with Gasteiger partial charge >= 0.3 is 5.97 Å². The number of methoxy groups -OCH3 is 1. The fourth-order valence-electron chi connectivity index (χ4n) is 2.17. The van der Waals surface area contributed by atoms with E-state index in [9.17, 15) is 4.79 Å². The van der Waals surface area contributed by atoms with Gasteiger partial charge in [-0.1, -0.05) is 24.3 Å². The van der Waals surface area contributed by atoms with Gasteiger partial charge in [0.15, 0.2) is 0 Å². The van der Waals surface area contributed by atoms with Gasteiger partial charge in [-0.15, -0.1) is 0 Å². The van der Waals surface area contributed by atoms with Crippen LogP contribution in [-0.2, 0) is 36.0 Å². The van der Waals surface area contributed by atoms with Crippen LogP contribution < -0.4 is 5.32 Å². The third-order valence-electron chi connectivity index (χ3n) is 3.32. The molecule has 0 aliphatic rings. The zero-order valence-corrected chi connectivity index (χ0v) is 12.5. The molecule has 1 aromatic carbocycles. The Balaban J connectivity index is 1.83. The summed E-state index contributed by atoms with van der Waals surface area (Å²) in [6, 6.07) is 9.94. The zero-order chi connectivity index (χ0) is 15.1. The number of carbonyl (C=O) groups excluding carboxylic acids is 1. The maximum Gasteiger partial charge on any atom is 0.309 e. The smallest absolute Gasteiger partial charge is 0.309 e. The number of nitrogens with one attached hydrogen (secondary N) is 1. The third-order valence-corrected chi connectivity index (χ3v) is 3.32. The van der Waals surface area contributed by atoms with Gasteiger partial charge in [0.2, 0.25) is 0 Å². The summed E-state index contributed by atoms with van der Waals surface area (Å²) in [7, 11) is 3.33. The fourth-order valence-corrected chi connectivity index (χ4v) is 2.17. The Labute approximate surface area is 124 Å². The first kappa shape index (κ1) is 15.3. The number of hydrogen-bond acceptors (Lipinski definition) is 4. The first-order valence-electron chi connectivity index (χ1n) is 7.02. The van der Waals surface area contributed by atoms with Crippen LogP contribution in [0.25, 0.3) is 0 Å². The van der Waals surface area contributed by atoms with E-state index < -0.39 is 0 Å². The first-order chi connectivity index (χ1) is 10.2. The number of aryl methyl sites for hydroxylation is 1. The van der Waals surface area contributed by atoms with Crippen LogP contribution in [0.3, 0.4) is 0 Å². The Bertz CT molecular complexity index is 593. The lowest BCUT2D eigenvalue weighted by Gasteiger charge is -2.09. The highest BCUT2D eigenvalue weighted by atomic mass is 16.5. The molecule has 0 amide bonds. The van der Waals surface area contributed by atoms with Crippen LogP contribution >= 0.6 is 0 Å². The van der Waals surface area contributed by atoms with E-state index in [2.05, 4.69) is 10.4 Å². The standard InChI is InChI=1S/C16H21N3O2/c1-19-10-8-15(18-19)7-9-17-12-14-6-4-3-5-13(14)11-16(20)21-2/h3-6,8,10,17H,7,9,11-12H2,1-2H3. The molecule has 0 unspecified atom stereocenters. The highest BCUT2D eigenvalue weighted by molar-refractivity contribution is 5.72. The second kappa shape index (κ2) is 7.59. The molecule has 0 radical (unpaired) electrons. The molecular weight excluding hydrogens is 266 g/mol. The maximum absolute atomic E-state index is 11.4. The minimum absolute atomic E-state index is 0.212. The van der Waals surface area contributed by atoms with Gasteiger partial charge in [0.05, 0.1) is 19.2 Å². The molecule has 1 N–H and O–H groups in total. The molecule has 0 aliphatic carbocycles. The molecule has 0 bridgehead atoms. The van der Waals surface area contributed by atoms with Crippen molar-refractivity contribution in [2.75, 3.05) is 13.7 Å². The van der Waals surface area contributed by atoms with E-state index in [1.807, 2.05) is 43.6 Å². The molecular formula is C16H21N3O2. The normalized spacial score (nSPS) is 10.6. The number of hydrogen-bond donors (Lipinski definition) is 1. The Morgan fingerprint density at radius 2 is 2.05 bits per heavy atom. The van der Waals surface area contributed by atoms with Gasteiger partial charge < -0.3 is 10.1 Å². The molecule has 2 aromatic rings. The number of esters is 1. The number of benzene rings is 1. The van der Waals surface area contributed by atoms with E-state index in [-0.39, 0.29) is 5.97 Å². The second-order valence-corrected chi connectivity index (χ2v) is 4.93. The number of carbonyl (C=O) groups is 1. The van der Waals surface area contributed by atoms with Crippen LogP contribution in [0.2, 0.25) is 0 Å². The molecule has 5 nitrogen and oxygen atoms in total. The van der Waals surface area contributed by atoms with Gasteiger partial charge in [-0.2, -0.15) is 5.10 Å². The van der Waals surface area contributed by atoms with Crippen molar-refractivity contribution in [2.45, 2.75) is 19.4 Å².